The smallest absolute Gasteiger partial charge is 0.267 e. The largest absolute Gasteiger partial charge is 0.364 e. The summed E-state index contributed by atoms with van der Waals surface area (Å²) in [4.78, 5) is 14.9. The first-order valence-corrected chi connectivity index (χ1v) is 4.45. The fourth-order valence-electron chi connectivity index (χ4n) is 0.983. The average molecular weight is 194 g/mol. The fraction of sp³-hybridized carbons (Fsp3) is 0. The van der Waals surface area contributed by atoms with E-state index in [-0.39, 0.29) is 0 Å². The van der Waals surface area contributed by atoms with Crippen LogP contribution in [0.2, 0.25) is 0 Å². The van der Waals surface area contributed by atoms with Crippen LogP contribution in [0.4, 0.5) is 0 Å². The van der Waals surface area contributed by atoms with Crippen LogP contribution in [0.15, 0.2) is 23.2 Å². The first-order chi connectivity index (χ1) is 6.29. The highest BCUT2D eigenvalue weighted by molar-refractivity contribution is 7.07. The Hall–Kier alpha value is -1.69. The third-order valence-corrected chi connectivity index (χ3v) is 2.11. The summed E-state index contributed by atoms with van der Waals surface area (Å²) in [6.45, 7) is 0. The Labute approximate surface area is 77.8 Å². The molecule has 0 fully saturated rings. The lowest BCUT2D eigenvalue weighted by molar-refractivity contribution is 0.0993. The van der Waals surface area contributed by atoms with Crippen molar-refractivity contribution >= 4 is 17.2 Å². The monoisotopic (exact) mass is 194 g/mol. The highest BCUT2D eigenvalue weighted by Crippen LogP contribution is 2.09. The highest BCUT2D eigenvalue weighted by Gasteiger charge is 2.10. The van der Waals surface area contributed by atoms with Crippen LogP contribution in [0.1, 0.15) is 10.5 Å². The number of hydrogen-bond donors (Lipinski definition) is 1. The molecule has 0 aliphatic heterocycles. The molecule has 0 aliphatic carbocycles. The van der Waals surface area contributed by atoms with E-state index in [9.17, 15) is 4.79 Å². The van der Waals surface area contributed by atoms with Gasteiger partial charge in [0.15, 0.2) is 5.82 Å². The Morgan fingerprint density at radius 3 is 3.08 bits per heavy atom. The molecule has 0 radical (unpaired) electrons. The van der Waals surface area contributed by atoms with E-state index >= 15 is 0 Å². The van der Waals surface area contributed by atoms with E-state index in [1.165, 1.54) is 22.2 Å². The molecular weight excluding hydrogens is 188 g/mol. The number of aromatic nitrogens is 3. The van der Waals surface area contributed by atoms with Gasteiger partial charge < -0.3 is 5.73 Å². The molecule has 13 heavy (non-hydrogen) atoms. The molecule has 6 heteroatoms. The molecule has 0 spiro atoms. The van der Waals surface area contributed by atoms with Crippen LogP contribution in [0.3, 0.4) is 0 Å². The van der Waals surface area contributed by atoms with Gasteiger partial charge in [-0.2, -0.15) is 5.10 Å². The molecule has 1 amide bonds. The molecule has 0 bridgehead atoms. The van der Waals surface area contributed by atoms with E-state index in [4.69, 9.17) is 5.73 Å². The number of carbonyl (C=O) groups excluding carboxylic acids is 1. The normalized spacial score (nSPS) is 10.2. The van der Waals surface area contributed by atoms with Crippen molar-refractivity contribution in [1.82, 2.24) is 14.8 Å². The molecule has 2 heterocycles. The number of nitrogens with two attached hydrogens (primary N) is 1. The zero-order valence-corrected chi connectivity index (χ0v) is 7.36. The highest BCUT2D eigenvalue weighted by atomic mass is 32.1. The predicted octanol–water partition coefficient (Wildman–Crippen LogP) is 0.428. The second-order valence-electron chi connectivity index (χ2n) is 2.34. The second-order valence-corrected chi connectivity index (χ2v) is 3.06. The average Bonchev–Trinajstić information content (AvgIpc) is 2.74. The van der Waals surface area contributed by atoms with Gasteiger partial charge in [0.2, 0.25) is 0 Å². The summed E-state index contributed by atoms with van der Waals surface area (Å²) in [7, 11) is 0. The van der Waals surface area contributed by atoms with Crippen LogP contribution in [0.25, 0.3) is 5.82 Å². The number of rotatable bonds is 2. The third kappa shape index (κ3) is 1.31. The molecular formula is C7H6N4OS. The fourth-order valence-corrected chi connectivity index (χ4v) is 1.50. The van der Waals surface area contributed by atoms with Crippen molar-refractivity contribution in [2.75, 3.05) is 0 Å². The van der Waals surface area contributed by atoms with E-state index in [1.807, 2.05) is 0 Å². The van der Waals surface area contributed by atoms with Gasteiger partial charge >= 0.3 is 0 Å². The molecule has 0 aromatic carbocycles. The summed E-state index contributed by atoms with van der Waals surface area (Å²) >= 11 is 1.43. The van der Waals surface area contributed by atoms with Crippen LogP contribution in [-0.2, 0) is 0 Å². The SMILES string of the molecule is NC(=O)c1ccnn1-c1cscn1. The first-order valence-electron chi connectivity index (χ1n) is 3.51. The molecule has 0 saturated heterocycles. The molecule has 0 saturated carbocycles. The van der Waals surface area contributed by atoms with Gasteiger partial charge in [0, 0.05) is 5.38 Å². The summed E-state index contributed by atoms with van der Waals surface area (Å²) in [6, 6.07) is 1.56. The third-order valence-electron chi connectivity index (χ3n) is 1.53. The zero-order chi connectivity index (χ0) is 9.26. The Morgan fingerprint density at radius 2 is 2.46 bits per heavy atom. The van der Waals surface area contributed by atoms with E-state index < -0.39 is 5.91 Å². The minimum Gasteiger partial charge on any atom is -0.364 e. The lowest BCUT2D eigenvalue weighted by atomic mass is 10.4. The number of primary amides is 1. The predicted molar refractivity (Wildman–Crippen MR) is 47.8 cm³/mol. The molecule has 2 aromatic heterocycles. The lowest BCUT2D eigenvalue weighted by Crippen LogP contribution is -2.16. The summed E-state index contributed by atoms with van der Waals surface area (Å²) in [5.41, 5.74) is 7.15. The maximum absolute atomic E-state index is 10.9. The van der Waals surface area contributed by atoms with Gasteiger partial charge in [-0.1, -0.05) is 0 Å². The van der Waals surface area contributed by atoms with Crippen molar-refractivity contribution < 1.29 is 4.79 Å². The Bertz CT molecular complexity index is 419. The van der Waals surface area contributed by atoms with Crippen molar-refractivity contribution in [3.8, 4) is 5.82 Å². The maximum atomic E-state index is 10.9. The standard InChI is InChI=1S/C7H6N4OS/c8-7(12)5-1-2-10-11(5)6-3-13-4-9-6/h1-4H,(H2,8,12). The molecule has 2 N–H and O–H groups in total. The van der Waals surface area contributed by atoms with Crippen LogP contribution in [0, 0.1) is 0 Å². The van der Waals surface area contributed by atoms with Gasteiger partial charge in [-0.3, -0.25) is 4.79 Å². The molecule has 0 aliphatic rings. The van der Waals surface area contributed by atoms with Crippen molar-refractivity contribution in [2.24, 2.45) is 5.73 Å². The summed E-state index contributed by atoms with van der Waals surface area (Å²) < 4.78 is 1.42. The summed E-state index contributed by atoms with van der Waals surface area (Å²) in [5, 5.41) is 5.73. The minimum atomic E-state index is -0.509. The Morgan fingerprint density at radius 1 is 1.62 bits per heavy atom. The van der Waals surface area contributed by atoms with Gasteiger partial charge in [0.25, 0.3) is 5.91 Å². The van der Waals surface area contributed by atoms with Crippen molar-refractivity contribution in [3.05, 3.63) is 28.8 Å². The van der Waals surface area contributed by atoms with Crippen molar-refractivity contribution in [3.63, 3.8) is 0 Å². The number of nitrogens with zero attached hydrogens (tertiary/aromatic N) is 3. The maximum Gasteiger partial charge on any atom is 0.267 e. The minimum absolute atomic E-state index is 0.339. The van der Waals surface area contributed by atoms with Gasteiger partial charge in [-0.25, -0.2) is 9.67 Å². The zero-order valence-electron chi connectivity index (χ0n) is 6.54. The molecule has 2 aromatic rings. The van der Waals surface area contributed by atoms with Crippen molar-refractivity contribution in [2.45, 2.75) is 0 Å². The molecule has 0 atom stereocenters. The van der Waals surface area contributed by atoms with Gasteiger partial charge in [-0.05, 0) is 6.07 Å². The van der Waals surface area contributed by atoms with E-state index in [1.54, 1.807) is 17.0 Å². The van der Waals surface area contributed by atoms with Crippen LogP contribution < -0.4 is 5.73 Å². The van der Waals surface area contributed by atoms with Crippen LogP contribution in [0.5, 0.6) is 0 Å². The van der Waals surface area contributed by atoms with Crippen LogP contribution >= 0.6 is 11.3 Å². The first kappa shape index (κ1) is 7.93. The van der Waals surface area contributed by atoms with Gasteiger partial charge in [0.1, 0.15) is 5.69 Å². The Balaban J connectivity index is 2.52. The number of carbonyl (C=O) groups is 1. The van der Waals surface area contributed by atoms with E-state index in [2.05, 4.69) is 10.1 Å². The van der Waals surface area contributed by atoms with Gasteiger partial charge in [-0.15, -0.1) is 11.3 Å². The Kier molecular flexibility index (Phi) is 1.82. The molecule has 66 valence electrons. The molecule has 2 rings (SSSR count). The number of thiazole rings is 1. The number of hydrogen-bond acceptors (Lipinski definition) is 4. The van der Waals surface area contributed by atoms with Gasteiger partial charge in [0.05, 0.1) is 11.7 Å². The lowest BCUT2D eigenvalue weighted by Gasteiger charge is -1.98. The second kappa shape index (κ2) is 2.98. The quantitative estimate of drug-likeness (QED) is 0.753. The van der Waals surface area contributed by atoms with Crippen LogP contribution in [-0.4, -0.2) is 20.7 Å². The van der Waals surface area contributed by atoms with Crippen molar-refractivity contribution in [1.29, 1.82) is 0 Å². The molecule has 0 unspecified atom stereocenters. The summed E-state index contributed by atoms with van der Waals surface area (Å²) in [5.74, 6) is 0.106. The number of amides is 1. The summed E-state index contributed by atoms with van der Waals surface area (Å²) in [6.07, 6.45) is 1.51. The van der Waals surface area contributed by atoms with E-state index in [0.717, 1.165) is 0 Å². The van der Waals surface area contributed by atoms with E-state index in [0.29, 0.717) is 11.5 Å². The topological polar surface area (TPSA) is 73.8 Å². The molecule has 5 nitrogen and oxygen atoms in total.